The highest BCUT2D eigenvalue weighted by Crippen LogP contribution is 2.30. The lowest BCUT2D eigenvalue weighted by Gasteiger charge is -2.15. The Kier molecular flexibility index (Phi) is 3.64. The van der Waals surface area contributed by atoms with Crippen LogP contribution in [0.15, 0.2) is 52.4 Å². The van der Waals surface area contributed by atoms with Crippen LogP contribution >= 0.6 is 27.3 Å². The molecular weight excluding hydrogens is 320 g/mol. The first kappa shape index (κ1) is 12.8. The van der Waals surface area contributed by atoms with Crippen LogP contribution in [0, 0.1) is 0 Å². The normalized spacial score (nSPS) is 12.7. The molecule has 0 fully saturated rings. The third kappa shape index (κ3) is 2.56. The second kappa shape index (κ2) is 5.41. The van der Waals surface area contributed by atoms with Crippen LogP contribution in [-0.4, -0.2) is 12.0 Å². The van der Waals surface area contributed by atoms with Crippen molar-refractivity contribution in [3.05, 3.63) is 62.9 Å². The van der Waals surface area contributed by atoms with Gasteiger partial charge in [0.15, 0.2) is 0 Å². The number of thiophene rings is 1. The first-order chi connectivity index (χ1) is 9.28. The van der Waals surface area contributed by atoms with Crippen LogP contribution in [-0.2, 0) is 0 Å². The van der Waals surface area contributed by atoms with Crippen molar-refractivity contribution in [1.29, 1.82) is 0 Å². The van der Waals surface area contributed by atoms with Gasteiger partial charge in [0.1, 0.15) is 0 Å². The second-order valence-corrected chi connectivity index (χ2v) is 6.21. The van der Waals surface area contributed by atoms with Crippen molar-refractivity contribution < 1.29 is 0 Å². The standard InChI is InChI=1S/C15H13BrN2S/c1-17-15(14-7-12(16)9-19-14)11-6-10-4-2-3-5-13(10)18-8-11/h2-9,15,17H,1H3. The number of pyridine rings is 1. The number of nitrogens with one attached hydrogen (secondary N) is 1. The lowest BCUT2D eigenvalue weighted by atomic mass is 10.1. The molecule has 19 heavy (non-hydrogen) atoms. The van der Waals surface area contributed by atoms with E-state index in [9.17, 15) is 0 Å². The maximum Gasteiger partial charge on any atom is 0.0702 e. The Balaban J connectivity index is 2.06. The van der Waals surface area contributed by atoms with Crippen LogP contribution in [0.3, 0.4) is 0 Å². The van der Waals surface area contributed by atoms with Crippen molar-refractivity contribution in [2.24, 2.45) is 0 Å². The Bertz CT molecular complexity index is 708. The smallest absolute Gasteiger partial charge is 0.0702 e. The Morgan fingerprint density at radius 3 is 2.84 bits per heavy atom. The van der Waals surface area contributed by atoms with Crippen molar-refractivity contribution >= 4 is 38.2 Å². The van der Waals surface area contributed by atoms with Gasteiger partial charge in [-0.3, -0.25) is 4.98 Å². The summed E-state index contributed by atoms with van der Waals surface area (Å²) >= 11 is 5.25. The summed E-state index contributed by atoms with van der Waals surface area (Å²) in [5, 5.41) is 6.64. The molecule has 0 spiro atoms. The molecule has 0 amide bonds. The number of rotatable bonds is 3. The molecule has 3 rings (SSSR count). The third-order valence-corrected chi connectivity index (χ3v) is 4.86. The molecule has 2 aromatic heterocycles. The summed E-state index contributed by atoms with van der Waals surface area (Å²) in [6, 6.07) is 12.7. The molecule has 0 aliphatic heterocycles. The first-order valence-corrected chi connectivity index (χ1v) is 7.71. The molecule has 0 aliphatic rings. The van der Waals surface area contributed by atoms with Crippen molar-refractivity contribution in [3.8, 4) is 0 Å². The molecule has 4 heteroatoms. The highest BCUT2D eigenvalue weighted by molar-refractivity contribution is 9.10. The average molecular weight is 333 g/mol. The van der Waals surface area contributed by atoms with Crippen LogP contribution in [0.2, 0.25) is 0 Å². The molecule has 1 atom stereocenters. The molecule has 0 saturated carbocycles. The number of fused-ring (bicyclic) bond motifs is 1. The number of halogens is 1. The summed E-state index contributed by atoms with van der Waals surface area (Å²) in [6.45, 7) is 0. The highest BCUT2D eigenvalue weighted by Gasteiger charge is 2.14. The molecule has 96 valence electrons. The van der Waals surface area contributed by atoms with Gasteiger partial charge in [0.2, 0.25) is 0 Å². The van der Waals surface area contributed by atoms with E-state index in [1.54, 1.807) is 11.3 Å². The van der Waals surface area contributed by atoms with Crippen molar-refractivity contribution in [2.45, 2.75) is 6.04 Å². The highest BCUT2D eigenvalue weighted by atomic mass is 79.9. The van der Waals surface area contributed by atoms with Crippen LogP contribution < -0.4 is 5.32 Å². The van der Waals surface area contributed by atoms with Gasteiger partial charge in [-0.05, 0) is 46.7 Å². The van der Waals surface area contributed by atoms with Crippen molar-refractivity contribution in [3.63, 3.8) is 0 Å². The van der Waals surface area contributed by atoms with Crippen LogP contribution in [0.5, 0.6) is 0 Å². The van der Waals surface area contributed by atoms with E-state index in [0.29, 0.717) is 0 Å². The predicted octanol–water partition coefficient (Wildman–Crippen LogP) is 4.37. The van der Waals surface area contributed by atoms with Gasteiger partial charge in [-0.25, -0.2) is 0 Å². The quantitative estimate of drug-likeness (QED) is 0.770. The van der Waals surface area contributed by atoms with Crippen LogP contribution in [0.4, 0.5) is 0 Å². The summed E-state index contributed by atoms with van der Waals surface area (Å²) in [6.07, 6.45) is 1.96. The molecular formula is C15H13BrN2S. The Morgan fingerprint density at radius 2 is 2.11 bits per heavy atom. The third-order valence-electron chi connectivity index (χ3n) is 3.11. The molecule has 1 unspecified atom stereocenters. The van der Waals surface area contributed by atoms with Gasteiger partial charge in [-0.15, -0.1) is 11.3 Å². The first-order valence-electron chi connectivity index (χ1n) is 6.04. The van der Waals surface area contributed by atoms with E-state index >= 15 is 0 Å². The van der Waals surface area contributed by atoms with E-state index in [-0.39, 0.29) is 6.04 Å². The summed E-state index contributed by atoms with van der Waals surface area (Å²) in [4.78, 5) is 5.82. The zero-order chi connectivity index (χ0) is 13.2. The second-order valence-electron chi connectivity index (χ2n) is 4.35. The van der Waals surface area contributed by atoms with E-state index in [2.05, 4.69) is 49.8 Å². The minimum absolute atomic E-state index is 0.188. The summed E-state index contributed by atoms with van der Waals surface area (Å²) in [5.41, 5.74) is 2.23. The molecule has 0 radical (unpaired) electrons. The summed E-state index contributed by atoms with van der Waals surface area (Å²) in [7, 11) is 1.98. The van der Waals surface area contributed by atoms with Gasteiger partial charge in [0.25, 0.3) is 0 Å². The lowest BCUT2D eigenvalue weighted by molar-refractivity contribution is 0.702. The topological polar surface area (TPSA) is 24.9 Å². The SMILES string of the molecule is CNC(c1cnc2ccccc2c1)c1cc(Br)cs1. The zero-order valence-corrected chi connectivity index (χ0v) is 12.8. The number of aromatic nitrogens is 1. The van der Waals surface area contributed by atoms with Gasteiger partial charge >= 0.3 is 0 Å². The predicted molar refractivity (Wildman–Crippen MR) is 84.7 cm³/mol. The maximum absolute atomic E-state index is 4.54. The molecule has 0 aliphatic carbocycles. The fourth-order valence-corrected chi connectivity index (χ4v) is 3.78. The van der Waals surface area contributed by atoms with E-state index in [1.807, 2.05) is 31.4 Å². The molecule has 0 saturated heterocycles. The van der Waals surface area contributed by atoms with Gasteiger partial charge in [-0.2, -0.15) is 0 Å². The monoisotopic (exact) mass is 332 g/mol. The van der Waals surface area contributed by atoms with Gasteiger partial charge in [0, 0.05) is 26.3 Å². The lowest BCUT2D eigenvalue weighted by Crippen LogP contribution is -2.16. The van der Waals surface area contributed by atoms with E-state index in [0.717, 1.165) is 9.99 Å². The maximum atomic E-state index is 4.54. The van der Waals surface area contributed by atoms with E-state index in [4.69, 9.17) is 0 Å². The minimum Gasteiger partial charge on any atom is -0.309 e. The zero-order valence-electron chi connectivity index (χ0n) is 10.4. The number of hydrogen-bond acceptors (Lipinski definition) is 3. The minimum atomic E-state index is 0.188. The molecule has 1 N–H and O–H groups in total. The van der Waals surface area contributed by atoms with Gasteiger partial charge in [0.05, 0.1) is 11.6 Å². The number of hydrogen-bond donors (Lipinski definition) is 1. The van der Waals surface area contributed by atoms with Crippen LogP contribution in [0.1, 0.15) is 16.5 Å². The Hall–Kier alpha value is -1.23. The van der Waals surface area contributed by atoms with Gasteiger partial charge in [-0.1, -0.05) is 18.2 Å². The number of nitrogens with zero attached hydrogens (tertiary/aromatic N) is 1. The fourth-order valence-electron chi connectivity index (χ4n) is 2.20. The number of para-hydroxylation sites is 1. The molecule has 2 nitrogen and oxygen atoms in total. The van der Waals surface area contributed by atoms with E-state index < -0.39 is 0 Å². The average Bonchev–Trinajstić information content (AvgIpc) is 2.86. The summed E-state index contributed by atoms with van der Waals surface area (Å²) < 4.78 is 1.13. The van der Waals surface area contributed by atoms with E-state index in [1.165, 1.54) is 15.8 Å². The van der Waals surface area contributed by atoms with Gasteiger partial charge < -0.3 is 5.32 Å². The molecule has 1 aromatic carbocycles. The van der Waals surface area contributed by atoms with Crippen LogP contribution in [0.25, 0.3) is 10.9 Å². The Labute approximate surface area is 124 Å². The van der Waals surface area contributed by atoms with Crippen molar-refractivity contribution in [2.75, 3.05) is 7.05 Å². The summed E-state index contributed by atoms with van der Waals surface area (Å²) in [5.74, 6) is 0. The Morgan fingerprint density at radius 1 is 1.26 bits per heavy atom. The number of benzene rings is 1. The molecule has 2 heterocycles. The fraction of sp³-hybridized carbons (Fsp3) is 0.133. The molecule has 3 aromatic rings. The van der Waals surface area contributed by atoms with Crippen molar-refractivity contribution in [1.82, 2.24) is 10.3 Å². The molecule has 0 bridgehead atoms. The largest absolute Gasteiger partial charge is 0.309 e.